The van der Waals surface area contributed by atoms with E-state index in [1.807, 2.05) is 17.5 Å². The number of methoxy groups -OCH3 is 2. The monoisotopic (exact) mass is 524 g/mol. The van der Waals surface area contributed by atoms with E-state index >= 15 is 0 Å². The van der Waals surface area contributed by atoms with E-state index in [4.69, 9.17) is 9.47 Å². The standard InChI is InChI=1S/C29H33FN2O4S/c1-35-24-14-15-26(27(17-24)36-2)29(34)32(23-7-4-3-5-8-23)20-28(33)31(19-25-9-6-16-37-25)18-21-10-12-22(30)13-11-21/h6,9-17,23H,3-5,7-8,18-20H2,1-2H3. The highest BCUT2D eigenvalue weighted by molar-refractivity contribution is 7.09. The van der Waals surface area contributed by atoms with Crippen LogP contribution in [0.4, 0.5) is 4.39 Å². The molecule has 1 fully saturated rings. The smallest absolute Gasteiger partial charge is 0.258 e. The first kappa shape index (κ1) is 26.7. The summed E-state index contributed by atoms with van der Waals surface area (Å²) in [4.78, 5) is 32.2. The van der Waals surface area contributed by atoms with E-state index < -0.39 is 0 Å². The molecule has 8 heteroatoms. The van der Waals surface area contributed by atoms with E-state index in [1.54, 1.807) is 58.6 Å². The molecule has 0 radical (unpaired) electrons. The van der Waals surface area contributed by atoms with Gasteiger partial charge >= 0.3 is 0 Å². The van der Waals surface area contributed by atoms with Gasteiger partial charge in [-0.25, -0.2) is 4.39 Å². The maximum Gasteiger partial charge on any atom is 0.258 e. The first-order chi connectivity index (χ1) is 18.0. The Bertz CT molecular complexity index is 1180. The molecule has 37 heavy (non-hydrogen) atoms. The number of hydrogen-bond donors (Lipinski definition) is 0. The van der Waals surface area contributed by atoms with E-state index in [2.05, 4.69) is 0 Å². The minimum Gasteiger partial charge on any atom is -0.497 e. The number of nitrogens with zero attached hydrogens (tertiary/aromatic N) is 2. The number of ether oxygens (including phenoxy) is 2. The molecule has 0 aliphatic heterocycles. The predicted molar refractivity (Wildman–Crippen MR) is 142 cm³/mol. The van der Waals surface area contributed by atoms with Gasteiger partial charge in [0.1, 0.15) is 23.9 Å². The highest BCUT2D eigenvalue weighted by Gasteiger charge is 2.31. The van der Waals surface area contributed by atoms with Gasteiger partial charge in [0, 0.05) is 23.5 Å². The van der Waals surface area contributed by atoms with Crippen molar-refractivity contribution in [1.82, 2.24) is 9.80 Å². The molecule has 1 heterocycles. The molecular formula is C29H33FN2O4S. The van der Waals surface area contributed by atoms with Gasteiger partial charge in [0.05, 0.1) is 26.3 Å². The van der Waals surface area contributed by atoms with Gasteiger partial charge in [0.2, 0.25) is 5.91 Å². The lowest BCUT2D eigenvalue weighted by Crippen LogP contribution is -2.48. The fourth-order valence-electron chi connectivity index (χ4n) is 4.77. The second-order valence-electron chi connectivity index (χ2n) is 9.25. The molecule has 1 saturated carbocycles. The summed E-state index contributed by atoms with van der Waals surface area (Å²) < 4.78 is 24.3. The fraction of sp³-hybridized carbons (Fsp3) is 0.379. The summed E-state index contributed by atoms with van der Waals surface area (Å²) in [6.45, 7) is 0.716. The molecule has 1 aromatic heterocycles. The van der Waals surface area contributed by atoms with Gasteiger partial charge in [0.15, 0.2) is 0 Å². The lowest BCUT2D eigenvalue weighted by Gasteiger charge is -2.36. The van der Waals surface area contributed by atoms with Gasteiger partial charge in [-0.05, 0) is 54.1 Å². The zero-order valence-corrected chi connectivity index (χ0v) is 22.1. The number of halogens is 1. The lowest BCUT2D eigenvalue weighted by atomic mass is 9.93. The second-order valence-corrected chi connectivity index (χ2v) is 10.3. The van der Waals surface area contributed by atoms with Gasteiger partial charge < -0.3 is 19.3 Å². The molecule has 0 spiro atoms. The Balaban J connectivity index is 1.61. The molecule has 1 aliphatic rings. The van der Waals surface area contributed by atoms with Crippen molar-refractivity contribution in [2.45, 2.75) is 51.2 Å². The summed E-state index contributed by atoms with van der Waals surface area (Å²) in [5.41, 5.74) is 1.24. The van der Waals surface area contributed by atoms with Gasteiger partial charge in [-0.15, -0.1) is 11.3 Å². The summed E-state index contributed by atoms with van der Waals surface area (Å²) >= 11 is 1.58. The number of benzene rings is 2. The fourth-order valence-corrected chi connectivity index (χ4v) is 5.49. The third-order valence-corrected chi connectivity index (χ3v) is 7.65. The topological polar surface area (TPSA) is 59.1 Å². The van der Waals surface area contributed by atoms with Crippen molar-refractivity contribution in [3.63, 3.8) is 0 Å². The molecule has 0 bridgehead atoms. The van der Waals surface area contributed by atoms with Crippen molar-refractivity contribution in [2.24, 2.45) is 0 Å². The molecule has 0 unspecified atom stereocenters. The van der Waals surface area contributed by atoms with Crippen molar-refractivity contribution >= 4 is 23.2 Å². The lowest BCUT2D eigenvalue weighted by molar-refractivity contribution is -0.133. The molecule has 6 nitrogen and oxygen atoms in total. The molecule has 196 valence electrons. The van der Waals surface area contributed by atoms with Crippen molar-refractivity contribution in [3.8, 4) is 11.5 Å². The molecule has 4 rings (SSSR count). The van der Waals surface area contributed by atoms with Gasteiger partial charge in [-0.2, -0.15) is 0 Å². The highest BCUT2D eigenvalue weighted by atomic mass is 32.1. The third kappa shape index (κ3) is 6.89. The van der Waals surface area contributed by atoms with Crippen LogP contribution in [0.15, 0.2) is 60.0 Å². The van der Waals surface area contributed by atoms with Crippen LogP contribution in [0.3, 0.4) is 0 Å². The molecule has 0 atom stereocenters. The summed E-state index contributed by atoms with van der Waals surface area (Å²) in [7, 11) is 3.08. The van der Waals surface area contributed by atoms with Crippen molar-refractivity contribution in [1.29, 1.82) is 0 Å². The van der Waals surface area contributed by atoms with Crippen molar-refractivity contribution < 1.29 is 23.5 Å². The average molecular weight is 525 g/mol. The molecular weight excluding hydrogens is 491 g/mol. The Labute approximate surface area is 221 Å². The first-order valence-corrected chi connectivity index (χ1v) is 13.4. The van der Waals surface area contributed by atoms with E-state index in [1.165, 1.54) is 19.2 Å². The Hall–Kier alpha value is -3.39. The highest BCUT2D eigenvalue weighted by Crippen LogP contribution is 2.29. The molecule has 0 N–H and O–H groups in total. The average Bonchev–Trinajstić information content (AvgIpc) is 3.45. The molecule has 2 amide bonds. The van der Waals surface area contributed by atoms with Gasteiger partial charge in [0.25, 0.3) is 5.91 Å². The molecule has 2 aromatic carbocycles. The van der Waals surface area contributed by atoms with Gasteiger partial charge in [-0.1, -0.05) is 37.5 Å². The number of thiophene rings is 1. The summed E-state index contributed by atoms with van der Waals surface area (Å²) in [5.74, 6) is 0.318. The zero-order valence-electron chi connectivity index (χ0n) is 21.3. The van der Waals surface area contributed by atoms with Crippen LogP contribution < -0.4 is 9.47 Å². The number of amides is 2. The van der Waals surface area contributed by atoms with Crippen LogP contribution in [-0.4, -0.2) is 48.4 Å². The van der Waals surface area contributed by atoms with Crippen LogP contribution in [0.1, 0.15) is 52.9 Å². The minimum atomic E-state index is -0.317. The summed E-state index contributed by atoms with van der Waals surface area (Å²) in [5, 5.41) is 1.98. The van der Waals surface area contributed by atoms with Crippen LogP contribution in [0.5, 0.6) is 11.5 Å². The second kappa shape index (κ2) is 12.7. The zero-order chi connectivity index (χ0) is 26.2. The Morgan fingerprint density at radius 2 is 1.73 bits per heavy atom. The van der Waals surface area contributed by atoms with Gasteiger partial charge in [-0.3, -0.25) is 9.59 Å². The minimum absolute atomic E-state index is 0.0218. The summed E-state index contributed by atoms with van der Waals surface area (Å²) in [6, 6.07) is 15.2. The number of hydrogen-bond acceptors (Lipinski definition) is 5. The maximum absolute atomic E-state index is 13.9. The quantitative estimate of drug-likeness (QED) is 0.331. The van der Waals surface area contributed by atoms with E-state index in [-0.39, 0.29) is 30.2 Å². The Morgan fingerprint density at radius 1 is 0.973 bits per heavy atom. The molecule has 0 saturated heterocycles. The van der Waals surface area contributed by atoms with E-state index in [0.29, 0.717) is 30.2 Å². The first-order valence-electron chi connectivity index (χ1n) is 12.6. The van der Waals surface area contributed by atoms with E-state index in [9.17, 15) is 14.0 Å². The van der Waals surface area contributed by atoms with Crippen LogP contribution in [0.2, 0.25) is 0 Å². The SMILES string of the molecule is COc1ccc(C(=O)N(CC(=O)N(Cc2ccc(F)cc2)Cc2cccs2)C2CCCCC2)c(OC)c1. The predicted octanol–water partition coefficient (Wildman–Crippen LogP) is 5.91. The number of carbonyl (C=O) groups excluding carboxylic acids is 2. The van der Waals surface area contributed by atoms with E-state index in [0.717, 1.165) is 42.5 Å². The Kier molecular flexibility index (Phi) is 9.17. The number of rotatable bonds is 10. The van der Waals surface area contributed by atoms with Crippen molar-refractivity contribution in [3.05, 3.63) is 81.8 Å². The molecule has 1 aliphatic carbocycles. The Morgan fingerprint density at radius 3 is 2.38 bits per heavy atom. The third-order valence-electron chi connectivity index (χ3n) is 6.79. The maximum atomic E-state index is 13.9. The summed E-state index contributed by atoms with van der Waals surface area (Å²) in [6.07, 6.45) is 4.90. The van der Waals surface area contributed by atoms with Crippen LogP contribution in [-0.2, 0) is 17.9 Å². The largest absolute Gasteiger partial charge is 0.497 e. The molecule has 3 aromatic rings. The van der Waals surface area contributed by atoms with Crippen LogP contribution in [0.25, 0.3) is 0 Å². The van der Waals surface area contributed by atoms with Crippen molar-refractivity contribution in [2.75, 3.05) is 20.8 Å². The normalized spacial score (nSPS) is 13.7. The van der Waals surface area contributed by atoms with Crippen LogP contribution in [0, 0.1) is 5.82 Å². The van der Waals surface area contributed by atoms with Crippen LogP contribution >= 0.6 is 11.3 Å². The number of carbonyl (C=O) groups is 2.